The first-order valence-electron chi connectivity index (χ1n) is 13.4. The summed E-state index contributed by atoms with van der Waals surface area (Å²) in [5.41, 5.74) is 3.63. The summed E-state index contributed by atoms with van der Waals surface area (Å²) in [6.07, 6.45) is 11.7. The van der Waals surface area contributed by atoms with E-state index < -0.39 is 6.10 Å². The summed E-state index contributed by atoms with van der Waals surface area (Å²) >= 11 is 0. The molecule has 0 heterocycles. The molecule has 0 aliphatic heterocycles. The van der Waals surface area contributed by atoms with Crippen LogP contribution in [0.25, 0.3) is 0 Å². The first kappa shape index (κ1) is 24.9. The van der Waals surface area contributed by atoms with Crippen LogP contribution in [0.5, 0.6) is 0 Å². The molecule has 0 amide bonds. The van der Waals surface area contributed by atoms with Crippen molar-refractivity contribution in [3.8, 4) is 0 Å². The minimum absolute atomic E-state index is 0.0348. The second-order valence-corrected chi connectivity index (χ2v) is 13.3. The van der Waals surface area contributed by atoms with Gasteiger partial charge in [-0.2, -0.15) is 0 Å². The van der Waals surface area contributed by atoms with Crippen LogP contribution in [0, 0.1) is 39.4 Å². The van der Waals surface area contributed by atoms with Crippen molar-refractivity contribution in [3.63, 3.8) is 0 Å². The van der Waals surface area contributed by atoms with E-state index in [0.717, 1.165) is 50.4 Å². The van der Waals surface area contributed by atoms with Crippen LogP contribution in [-0.4, -0.2) is 23.3 Å². The maximum atomic E-state index is 12.8. The van der Waals surface area contributed by atoms with Crippen LogP contribution in [0.2, 0.25) is 0 Å². The highest BCUT2D eigenvalue weighted by atomic mass is 16.3. The highest BCUT2D eigenvalue weighted by molar-refractivity contribution is 5.86. The van der Waals surface area contributed by atoms with E-state index in [0.29, 0.717) is 24.0 Å². The molecule has 3 heteroatoms. The number of rotatable bonds is 5. The average Bonchev–Trinajstić information content (AvgIpc) is 3.04. The van der Waals surface area contributed by atoms with E-state index in [-0.39, 0.29) is 27.6 Å². The number of fused-ring (bicyclic) bond motifs is 4. The van der Waals surface area contributed by atoms with Crippen molar-refractivity contribution in [2.24, 2.45) is 39.4 Å². The van der Waals surface area contributed by atoms with Gasteiger partial charge in [0, 0.05) is 11.8 Å². The molecule has 2 fully saturated rings. The molecule has 184 valence electrons. The summed E-state index contributed by atoms with van der Waals surface area (Å²) in [6, 6.07) is 0. The molecule has 7 atom stereocenters. The summed E-state index contributed by atoms with van der Waals surface area (Å²) in [4.78, 5) is 23.8. The van der Waals surface area contributed by atoms with Gasteiger partial charge in [-0.15, -0.1) is 0 Å². The zero-order chi connectivity index (χ0) is 24.4. The molecule has 33 heavy (non-hydrogen) atoms. The molecule has 0 bridgehead atoms. The molecular formula is C30H46O3. The van der Waals surface area contributed by atoms with Gasteiger partial charge in [0.25, 0.3) is 0 Å². The van der Waals surface area contributed by atoms with Crippen LogP contribution in [0.1, 0.15) is 106 Å². The fourth-order valence-corrected chi connectivity index (χ4v) is 9.23. The predicted molar refractivity (Wildman–Crippen MR) is 134 cm³/mol. The third kappa shape index (κ3) is 3.46. The van der Waals surface area contributed by atoms with Crippen molar-refractivity contribution in [2.45, 2.75) is 112 Å². The zero-order valence-electron chi connectivity index (χ0n) is 22.1. The number of hydrogen-bond donors (Lipinski definition) is 1. The molecule has 0 spiro atoms. The second kappa shape index (κ2) is 8.18. The summed E-state index contributed by atoms with van der Waals surface area (Å²) < 4.78 is 0. The SMILES string of the molecule is C/C(C=O)=C\CCC(C)C1CCC2(C)C3=C(CCC12C)C1(C)CCC(=O)C(C)(C)C1CC3O. The van der Waals surface area contributed by atoms with Gasteiger partial charge in [0.1, 0.15) is 12.1 Å². The predicted octanol–water partition coefficient (Wildman–Crippen LogP) is 6.84. The topological polar surface area (TPSA) is 54.4 Å². The van der Waals surface area contributed by atoms with Gasteiger partial charge in [-0.25, -0.2) is 0 Å². The van der Waals surface area contributed by atoms with E-state index in [1.54, 1.807) is 0 Å². The molecule has 1 N–H and O–H groups in total. The molecule has 7 unspecified atom stereocenters. The maximum absolute atomic E-state index is 12.8. The lowest BCUT2D eigenvalue weighted by molar-refractivity contribution is -0.141. The molecule has 0 aromatic carbocycles. The van der Waals surface area contributed by atoms with Gasteiger partial charge in [-0.05, 0) is 103 Å². The minimum Gasteiger partial charge on any atom is -0.389 e. The normalized spacial score (nSPS) is 43.6. The Balaban J connectivity index is 1.68. The second-order valence-electron chi connectivity index (χ2n) is 13.3. The van der Waals surface area contributed by atoms with Crippen LogP contribution < -0.4 is 0 Å². The Kier molecular flexibility index (Phi) is 6.17. The molecule has 4 rings (SSSR count). The summed E-state index contributed by atoms with van der Waals surface area (Å²) in [5.74, 6) is 1.85. The fourth-order valence-electron chi connectivity index (χ4n) is 9.23. The number of aliphatic hydroxyl groups is 1. The average molecular weight is 455 g/mol. The molecule has 4 aliphatic carbocycles. The van der Waals surface area contributed by atoms with Gasteiger partial charge in [0.05, 0.1) is 6.10 Å². The third-order valence-corrected chi connectivity index (χ3v) is 11.5. The Morgan fingerprint density at radius 1 is 1.12 bits per heavy atom. The summed E-state index contributed by atoms with van der Waals surface area (Å²) in [6.45, 7) is 15.9. The van der Waals surface area contributed by atoms with Gasteiger partial charge in [-0.1, -0.05) is 53.2 Å². The van der Waals surface area contributed by atoms with Gasteiger partial charge in [-0.3, -0.25) is 9.59 Å². The summed E-state index contributed by atoms with van der Waals surface area (Å²) in [5, 5.41) is 11.6. The first-order chi connectivity index (χ1) is 15.3. The van der Waals surface area contributed by atoms with Gasteiger partial charge >= 0.3 is 0 Å². The number of aldehydes is 1. The van der Waals surface area contributed by atoms with E-state index in [1.807, 2.05) is 6.92 Å². The van der Waals surface area contributed by atoms with Crippen LogP contribution >= 0.6 is 0 Å². The van der Waals surface area contributed by atoms with E-state index in [9.17, 15) is 14.7 Å². The largest absolute Gasteiger partial charge is 0.389 e. The molecular weight excluding hydrogens is 408 g/mol. The van der Waals surface area contributed by atoms with E-state index in [4.69, 9.17) is 0 Å². The lowest BCUT2D eigenvalue weighted by atomic mass is 9.43. The molecule has 0 saturated heterocycles. The van der Waals surface area contributed by atoms with Crippen molar-refractivity contribution < 1.29 is 14.7 Å². The molecule has 0 radical (unpaired) electrons. The molecule has 0 aromatic rings. The quantitative estimate of drug-likeness (QED) is 0.281. The van der Waals surface area contributed by atoms with Crippen molar-refractivity contribution in [2.75, 3.05) is 0 Å². The third-order valence-electron chi connectivity index (χ3n) is 11.5. The molecule has 0 aromatic heterocycles. The lowest BCUT2D eigenvalue weighted by Crippen LogP contribution is -2.57. The van der Waals surface area contributed by atoms with Crippen LogP contribution in [0.3, 0.4) is 0 Å². The highest BCUT2D eigenvalue weighted by Crippen LogP contribution is 2.72. The van der Waals surface area contributed by atoms with Crippen molar-refractivity contribution in [1.29, 1.82) is 0 Å². The van der Waals surface area contributed by atoms with Crippen molar-refractivity contribution in [3.05, 3.63) is 22.8 Å². The smallest absolute Gasteiger partial charge is 0.145 e. The minimum atomic E-state index is -0.417. The summed E-state index contributed by atoms with van der Waals surface area (Å²) in [7, 11) is 0. The highest BCUT2D eigenvalue weighted by Gasteiger charge is 2.65. The molecule has 3 nitrogen and oxygen atoms in total. The number of hydrogen-bond acceptors (Lipinski definition) is 3. The number of Topliss-reactive ketones (excluding diaryl/α,β-unsaturated/α-hetero) is 1. The van der Waals surface area contributed by atoms with Gasteiger partial charge in [0.2, 0.25) is 0 Å². The van der Waals surface area contributed by atoms with Gasteiger partial charge in [0.15, 0.2) is 0 Å². The number of allylic oxidation sites excluding steroid dienone is 3. The standard InChI is InChI=1S/C30H46O3/c1-19(18-31)9-8-10-20(2)21-11-16-30(7)26-22(12-15-29(21,30)6)28(5)14-13-25(33)27(3,4)24(28)17-23(26)32/h9,18,20-21,23-24,32H,8,10-17H2,1-7H3/b19-9+. The number of carbonyl (C=O) groups excluding carboxylic acids is 2. The van der Waals surface area contributed by atoms with Crippen molar-refractivity contribution in [1.82, 2.24) is 0 Å². The maximum Gasteiger partial charge on any atom is 0.145 e. The Hall–Kier alpha value is -1.22. The first-order valence-corrected chi connectivity index (χ1v) is 13.4. The Bertz CT molecular complexity index is 894. The number of carbonyl (C=O) groups is 2. The monoisotopic (exact) mass is 454 g/mol. The van der Waals surface area contributed by atoms with Gasteiger partial charge < -0.3 is 5.11 Å². The Morgan fingerprint density at radius 3 is 2.48 bits per heavy atom. The van der Waals surface area contributed by atoms with Crippen LogP contribution in [-0.2, 0) is 9.59 Å². The zero-order valence-corrected chi connectivity index (χ0v) is 22.1. The molecule has 4 aliphatic rings. The Morgan fingerprint density at radius 2 is 1.82 bits per heavy atom. The molecule has 2 saturated carbocycles. The van der Waals surface area contributed by atoms with Crippen LogP contribution in [0.4, 0.5) is 0 Å². The van der Waals surface area contributed by atoms with Crippen LogP contribution in [0.15, 0.2) is 22.8 Å². The van der Waals surface area contributed by atoms with E-state index in [2.05, 4.69) is 47.6 Å². The number of aliphatic hydroxyl groups excluding tert-OH is 1. The lowest BCUT2D eigenvalue weighted by Gasteiger charge is -2.61. The van der Waals surface area contributed by atoms with Crippen molar-refractivity contribution >= 4 is 12.1 Å². The van der Waals surface area contributed by atoms with E-state index in [1.165, 1.54) is 24.0 Å². The Labute approximate surface area is 201 Å². The fraction of sp³-hybridized carbons (Fsp3) is 0.800. The number of ketones is 1. The van der Waals surface area contributed by atoms with E-state index >= 15 is 0 Å².